The Morgan fingerprint density at radius 2 is 0.865 bits per heavy atom. The van der Waals surface area contributed by atoms with Crippen molar-refractivity contribution in [1.29, 1.82) is 0 Å². The van der Waals surface area contributed by atoms with Gasteiger partial charge in [0.15, 0.2) is 0 Å². The van der Waals surface area contributed by atoms with Crippen molar-refractivity contribution in [2.45, 2.75) is 0 Å². The van der Waals surface area contributed by atoms with Crippen LogP contribution in [0.4, 0.5) is 0 Å². The van der Waals surface area contributed by atoms with E-state index in [4.69, 9.17) is 0 Å². The lowest BCUT2D eigenvalue weighted by Gasteiger charge is -2.15. The van der Waals surface area contributed by atoms with E-state index in [9.17, 15) is 0 Å². The molecule has 0 atom stereocenters. The van der Waals surface area contributed by atoms with Crippen molar-refractivity contribution in [3.05, 3.63) is 182 Å². The van der Waals surface area contributed by atoms with Gasteiger partial charge in [-0.25, -0.2) is 0 Å². The van der Waals surface area contributed by atoms with E-state index in [1.165, 1.54) is 104 Å². The Morgan fingerprint density at radius 1 is 0.288 bits per heavy atom. The zero-order chi connectivity index (χ0) is 33.9. The SMILES string of the molecule is c1ccc(-c2cccc(-n3c4ccccc4c4c5ccccc5c5c(c6ccccc6n5-c5cc6c7c(cccc7c5)-c5ccccc5-6)c43)c2)cc1. The summed E-state index contributed by atoms with van der Waals surface area (Å²) in [5.41, 5.74) is 14.9. The fourth-order valence-electron chi connectivity index (χ4n) is 9.31. The number of rotatable bonds is 3. The molecular weight excluding hydrogens is 629 g/mol. The van der Waals surface area contributed by atoms with Gasteiger partial charge in [0.25, 0.3) is 0 Å². The quantitative estimate of drug-likeness (QED) is 0.179. The first kappa shape index (κ1) is 27.9. The summed E-state index contributed by atoms with van der Waals surface area (Å²) in [6, 6.07) is 67.1. The van der Waals surface area contributed by atoms with Crippen molar-refractivity contribution in [3.63, 3.8) is 0 Å². The first-order chi connectivity index (χ1) is 25.8. The molecule has 0 spiro atoms. The van der Waals surface area contributed by atoms with E-state index < -0.39 is 0 Å². The lowest BCUT2D eigenvalue weighted by atomic mass is 9.99. The van der Waals surface area contributed by atoms with Gasteiger partial charge in [0.05, 0.1) is 22.1 Å². The maximum Gasteiger partial charge on any atom is 0.0647 e. The highest BCUT2D eigenvalue weighted by atomic mass is 15.0. The highest BCUT2D eigenvalue weighted by molar-refractivity contribution is 6.36. The summed E-state index contributed by atoms with van der Waals surface area (Å²) in [6.45, 7) is 0. The molecule has 0 saturated carbocycles. The fraction of sp³-hybridized carbons (Fsp3) is 0. The lowest BCUT2D eigenvalue weighted by molar-refractivity contribution is 1.18. The van der Waals surface area contributed by atoms with Crippen LogP contribution in [0.3, 0.4) is 0 Å². The molecule has 11 aromatic rings. The molecule has 2 heteroatoms. The molecular formula is C50H30N2. The smallest absolute Gasteiger partial charge is 0.0647 e. The Bertz CT molecular complexity index is 3290. The second-order valence-electron chi connectivity index (χ2n) is 14.1. The Labute approximate surface area is 300 Å². The number of aromatic nitrogens is 2. The molecule has 0 bridgehead atoms. The summed E-state index contributed by atoms with van der Waals surface area (Å²) in [5, 5.41) is 10.2. The molecule has 0 amide bonds. The Hall–Kier alpha value is -6.90. The van der Waals surface area contributed by atoms with Crippen molar-refractivity contribution in [1.82, 2.24) is 9.13 Å². The topological polar surface area (TPSA) is 9.86 Å². The molecule has 2 nitrogen and oxygen atoms in total. The van der Waals surface area contributed by atoms with E-state index in [2.05, 4.69) is 191 Å². The normalized spacial score (nSPS) is 12.2. The summed E-state index contributed by atoms with van der Waals surface area (Å²) in [5.74, 6) is 0. The van der Waals surface area contributed by atoms with Crippen LogP contribution in [0, 0.1) is 0 Å². The van der Waals surface area contributed by atoms with Crippen LogP contribution in [0.1, 0.15) is 0 Å². The number of fused-ring (bicyclic) bond motifs is 13. The van der Waals surface area contributed by atoms with Gasteiger partial charge in [-0.05, 0) is 85.9 Å². The molecule has 9 aromatic carbocycles. The van der Waals surface area contributed by atoms with Crippen LogP contribution >= 0.6 is 0 Å². The minimum absolute atomic E-state index is 1.16. The summed E-state index contributed by atoms with van der Waals surface area (Å²) in [6.07, 6.45) is 0. The summed E-state index contributed by atoms with van der Waals surface area (Å²) >= 11 is 0. The molecule has 0 unspecified atom stereocenters. The first-order valence-electron chi connectivity index (χ1n) is 18.0. The minimum Gasteiger partial charge on any atom is -0.308 e. The van der Waals surface area contributed by atoms with E-state index in [0.717, 1.165) is 5.69 Å². The van der Waals surface area contributed by atoms with Crippen LogP contribution in [-0.2, 0) is 0 Å². The van der Waals surface area contributed by atoms with Gasteiger partial charge >= 0.3 is 0 Å². The van der Waals surface area contributed by atoms with Crippen molar-refractivity contribution in [3.8, 4) is 44.8 Å². The van der Waals surface area contributed by atoms with E-state index in [1.54, 1.807) is 0 Å². The highest BCUT2D eigenvalue weighted by Gasteiger charge is 2.26. The van der Waals surface area contributed by atoms with Gasteiger partial charge in [0, 0.05) is 38.3 Å². The second kappa shape index (κ2) is 10.3. The van der Waals surface area contributed by atoms with Gasteiger partial charge < -0.3 is 9.13 Å². The van der Waals surface area contributed by atoms with Gasteiger partial charge in [-0.1, -0.05) is 146 Å². The van der Waals surface area contributed by atoms with Crippen LogP contribution in [0.25, 0.3) is 110 Å². The zero-order valence-corrected chi connectivity index (χ0v) is 28.2. The first-order valence-corrected chi connectivity index (χ1v) is 18.0. The average molecular weight is 659 g/mol. The zero-order valence-electron chi connectivity index (χ0n) is 28.2. The van der Waals surface area contributed by atoms with Crippen molar-refractivity contribution < 1.29 is 0 Å². The Balaban J connectivity index is 1.28. The third-order valence-electron chi connectivity index (χ3n) is 11.4. The third-order valence-corrected chi connectivity index (χ3v) is 11.4. The second-order valence-corrected chi connectivity index (χ2v) is 14.1. The van der Waals surface area contributed by atoms with Crippen molar-refractivity contribution in [2.24, 2.45) is 0 Å². The minimum atomic E-state index is 1.16. The van der Waals surface area contributed by atoms with Gasteiger partial charge in [-0.2, -0.15) is 0 Å². The molecule has 240 valence electrons. The highest BCUT2D eigenvalue weighted by Crippen LogP contribution is 2.50. The maximum absolute atomic E-state index is 2.54. The number of nitrogens with zero attached hydrogens (tertiary/aromatic N) is 2. The number of hydrogen-bond donors (Lipinski definition) is 0. The fourth-order valence-corrected chi connectivity index (χ4v) is 9.31. The standard InChI is InChI=1S/C50H30N2/c1-2-14-31(15-3-1)32-16-12-18-34(28-32)51-44-26-10-8-23-41(44)47-39-21-6-7-22-40(39)49-48(50(47)51)42-24-9-11-27-45(42)52(49)35-29-33-17-13-25-38-36-19-4-5-20-37(36)43(30-35)46(33)38/h1-30H. The molecule has 2 aromatic heterocycles. The van der Waals surface area contributed by atoms with Gasteiger partial charge in [-0.15, -0.1) is 0 Å². The molecule has 1 aliphatic carbocycles. The van der Waals surface area contributed by atoms with Gasteiger partial charge in [-0.3, -0.25) is 0 Å². The molecule has 0 radical (unpaired) electrons. The van der Waals surface area contributed by atoms with Crippen LogP contribution in [0.5, 0.6) is 0 Å². The molecule has 0 N–H and O–H groups in total. The summed E-state index contributed by atoms with van der Waals surface area (Å²) in [7, 11) is 0. The predicted molar refractivity (Wildman–Crippen MR) is 220 cm³/mol. The van der Waals surface area contributed by atoms with Crippen LogP contribution < -0.4 is 0 Å². The third kappa shape index (κ3) is 3.63. The van der Waals surface area contributed by atoms with E-state index in [1.807, 2.05) is 0 Å². The average Bonchev–Trinajstić information content (AvgIpc) is 3.86. The maximum atomic E-state index is 2.54. The molecule has 0 saturated heterocycles. The van der Waals surface area contributed by atoms with Gasteiger partial charge in [0.1, 0.15) is 0 Å². The Morgan fingerprint density at radius 3 is 1.65 bits per heavy atom. The number of hydrogen-bond acceptors (Lipinski definition) is 0. The van der Waals surface area contributed by atoms with Crippen molar-refractivity contribution >= 4 is 65.2 Å². The van der Waals surface area contributed by atoms with Crippen LogP contribution in [0.2, 0.25) is 0 Å². The molecule has 52 heavy (non-hydrogen) atoms. The largest absolute Gasteiger partial charge is 0.308 e. The molecule has 2 heterocycles. The summed E-state index contributed by atoms with van der Waals surface area (Å²) in [4.78, 5) is 0. The number of benzene rings is 9. The van der Waals surface area contributed by atoms with E-state index in [-0.39, 0.29) is 0 Å². The number of para-hydroxylation sites is 2. The van der Waals surface area contributed by atoms with Gasteiger partial charge in [0.2, 0.25) is 0 Å². The predicted octanol–water partition coefficient (Wildman–Crippen LogP) is 13.5. The van der Waals surface area contributed by atoms with E-state index in [0.29, 0.717) is 0 Å². The lowest BCUT2D eigenvalue weighted by Crippen LogP contribution is -1.97. The summed E-state index contributed by atoms with van der Waals surface area (Å²) < 4.78 is 5.06. The van der Waals surface area contributed by atoms with E-state index >= 15 is 0 Å². The molecule has 0 aliphatic heterocycles. The molecule has 12 rings (SSSR count). The monoisotopic (exact) mass is 658 g/mol. The van der Waals surface area contributed by atoms with Crippen LogP contribution in [0.15, 0.2) is 182 Å². The van der Waals surface area contributed by atoms with Crippen molar-refractivity contribution in [2.75, 3.05) is 0 Å². The molecule has 1 aliphatic rings. The molecule has 0 fully saturated rings. The Kier molecular flexibility index (Phi) is 5.53. The van der Waals surface area contributed by atoms with Crippen LogP contribution in [-0.4, -0.2) is 9.13 Å².